The van der Waals surface area contributed by atoms with Crippen LogP contribution in [0.3, 0.4) is 0 Å². The number of amidine groups is 1. The molecule has 0 spiro atoms. The summed E-state index contributed by atoms with van der Waals surface area (Å²) in [6.45, 7) is 5.64. The average Bonchev–Trinajstić information content (AvgIpc) is 2.41. The molecule has 0 amide bonds. The lowest BCUT2D eigenvalue weighted by molar-refractivity contribution is 0.148. The first kappa shape index (κ1) is 13.1. The highest BCUT2D eigenvalue weighted by molar-refractivity contribution is 5.97. The van der Waals surface area contributed by atoms with E-state index in [2.05, 4.69) is 34.0 Å². The Labute approximate surface area is 109 Å². The van der Waals surface area contributed by atoms with Crippen molar-refractivity contribution in [2.24, 2.45) is 10.7 Å². The van der Waals surface area contributed by atoms with Gasteiger partial charge in [0, 0.05) is 45.3 Å². The zero-order chi connectivity index (χ0) is 13.0. The Morgan fingerprint density at radius 2 is 1.78 bits per heavy atom. The van der Waals surface area contributed by atoms with Gasteiger partial charge in [0.1, 0.15) is 5.84 Å². The van der Waals surface area contributed by atoms with Crippen molar-refractivity contribution in [2.45, 2.75) is 6.54 Å². The minimum absolute atomic E-state index is 0.598. The van der Waals surface area contributed by atoms with E-state index in [1.807, 2.05) is 12.1 Å². The lowest BCUT2D eigenvalue weighted by Gasteiger charge is -2.32. The van der Waals surface area contributed by atoms with E-state index >= 15 is 0 Å². The number of piperazine rings is 1. The Hall–Kier alpha value is -1.39. The largest absolute Gasteiger partial charge is 0.384 e. The quantitative estimate of drug-likeness (QED) is 0.633. The van der Waals surface area contributed by atoms with Gasteiger partial charge in [0.15, 0.2) is 0 Å². The van der Waals surface area contributed by atoms with Gasteiger partial charge in [-0.25, -0.2) is 0 Å². The molecule has 2 N–H and O–H groups in total. The van der Waals surface area contributed by atoms with E-state index in [9.17, 15) is 0 Å². The first-order chi connectivity index (χ1) is 8.69. The third-order valence-electron chi connectivity index (χ3n) is 3.49. The molecule has 0 unspecified atom stereocenters. The van der Waals surface area contributed by atoms with Crippen LogP contribution in [0.1, 0.15) is 11.1 Å². The van der Waals surface area contributed by atoms with Crippen LogP contribution in [0.15, 0.2) is 29.3 Å². The summed E-state index contributed by atoms with van der Waals surface area (Å²) in [5, 5.41) is 0. The predicted octanol–water partition coefficient (Wildman–Crippen LogP) is 0.769. The summed E-state index contributed by atoms with van der Waals surface area (Å²) in [5.74, 6) is 0.598. The zero-order valence-electron chi connectivity index (χ0n) is 11.3. The van der Waals surface area contributed by atoms with Gasteiger partial charge in [0.05, 0.1) is 0 Å². The highest BCUT2D eigenvalue weighted by atomic mass is 15.2. The summed E-state index contributed by atoms with van der Waals surface area (Å²) >= 11 is 0. The van der Waals surface area contributed by atoms with Crippen LogP contribution in [0.4, 0.5) is 0 Å². The second-order valence-corrected chi connectivity index (χ2v) is 4.89. The maximum absolute atomic E-state index is 5.78. The van der Waals surface area contributed by atoms with Gasteiger partial charge in [-0.15, -0.1) is 0 Å². The Bertz CT molecular complexity index is 402. The lowest BCUT2D eigenvalue weighted by atomic mass is 10.1. The third-order valence-corrected chi connectivity index (χ3v) is 3.49. The summed E-state index contributed by atoms with van der Waals surface area (Å²) in [6, 6.07) is 8.39. The monoisotopic (exact) mass is 246 g/mol. The number of aliphatic imine (C=N–C) groups is 1. The molecule has 98 valence electrons. The number of likely N-dealkylation sites (N-methyl/N-ethyl adjacent to an activating group) is 1. The van der Waals surface area contributed by atoms with Gasteiger partial charge in [-0.3, -0.25) is 9.89 Å². The minimum Gasteiger partial charge on any atom is -0.384 e. The van der Waals surface area contributed by atoms with E-state index in [1.54, 1.807) is 7.05 Å². The van der Waals surface area contributed by atoms with E-state index in [0.29, 0.717) is 5.84 Å². The number of benzene rings is 1. The van der Waals surface area contributed by atoms with Crippen molar-refractivity contribution >= 4 is 5.84 Å². The van der Waals surface area contributed by atoms with Crippen molar-refractivity contribution in [3.8, 4) is 0 Å². The van der Waals surface area contributed by atoms with Crippen LogP contribution >= 0.6 is 0 Å². The van der Waals surface area contributed by atoms with Crippen molar-refractivity contribution in [2.75, 3.05) is 40.3 Å². The number of rotatable bonds is 3. The molecule has 4 nitrogen and oxygen atoms in total. The maximum Gasteiger partial charge on any atom is 0.125 e. The van der Waals surface area contributed by atoms with Crippen molar-refractivity contribution in [1.29, 1.82) is 0 Å². The van der Waals surface area contributed by atoms with Crippen molar-refractivity contribution in [3.05, 3.63) is 35.4 Å². The highest BCUT2D eigenvalue weighted by Crippen LogP contribution is 2.09. The Morgan fingerprint density at radius 1 is 1.17 bits per heavy atom. The van der Waals surface area contributed by atoms with Crippen LogP contribution in [0, 0.1) is 0 Å². The fourth-order valence-corrected chi connectivity index (χ4v) is 2.17. The molecule has 1 aromatic carbocycles. The van der Waals surface area contributed by atoms with Crippen LogP contribution in [0.25, 0.3) is 0 Å². The van der Waals surface area contributed by atoms with Crippen LogP contribution in [-0.4, -0.2) is 55.9 Å². The van der Waals surface area contributed by atoms with Crippen LogP contribution in [-0.2, 0) is 6.54 Å². The third kappa shape index (κ3) is 3.31. The Kier molecular flexibility index (Phi) is 4.33. The molecule has 1 aliphatic rings. The molecular weight excluding hydrogens is 224 g/mol. The van der Waals surface area contributed by atoms with Gasteiger partial charge >= 0.3 is 0 Å². The summed E-state index contributed by atoms with van der Waals surface area (Å²) in [5.41, 5.74) is 8.12. The molecule has 0 radical (unpaired) electrons. The van der Waals surface area contributed by atoms with E-state index in [0.717, 1.165) is 38.3 Å². The molecule has 0 aromatic heterocycles. The van der Waals surface area contributed by atoms with E-state index < -0.39 is 0 Å². The second-order valence-electron chi connectivity index (χ2n) is 4.89. The molecule has 4 heteroatoms. The highest BCUT2D eigenvalue weighted by Gasteiger charge is 2.13. The number of nitrogens with zero attached hydrogens (tertiary/aromatic N) is 3. The Morgan fingerprint density at radius 3 is 2.33 bits per heavy atom. The summed E-state index contributed by atoms with van der Waals surface area (Å²) in [4.78, 5) is 8.86. The van der Waals surface area contributed by atoms with Gasteiger partial charge in [-0.05, 0) is 12.6 Å². The van der Waals surface area contributed by atoms with Crippen molar-refractivity contribution in [3.63, 3.8) is 0 Å². The SMILES string of the molecule is CN=C(N)c1ccc(CN2CCN(C)CC2)cc1. The molecule has 1 heterocycles. The van der Waals surface area contributed by atoms with Crippen LogP contribution in [0.2, 0.25) is 0 Å². The Balaban J connectivity index is 1.94. The van der Waals surface area contributed by atoms with Gasteiger partial charge in [-0.1, -0.05) is 24.3 Å². The maximum atomic E-state index is 5.78. The molecule has 1 aromatic rings. The molecular formula is C14H22N4. The van der Waals surface area contributed by atoms with Gasteiger partial charge in [-0.2, -0.15) is 0 Å². The lowest BCUT2D eigenvalue weighted by Crippen LogP contribution is -2.43. The van der Waals surface area contributed by atoms with Gasteiger partial charge in [0.25, 0.3) is 0 Å². The standard InChI is InChI=1S/C14H22N4/c1-16-14(15)13-5-3-12(4-6-13)11-18-9-7-17(2)8-10-18/h3-6H,7-11H2,1-2H3,(H2,15,16). The van der Waals surface area contributed by atoms with Crippen LogP contribution < -0.4 is 5.73 Å². The van der Waals surface area contributed by atoms with Crippen molar-refractivity contribution < 1.29 is 0 Å². The molecule has 2 rings (SSSR count). The molecule has 0 bridgehead atoms. The normalized spacial score (nSPS) is 19.1. The smallest absolute Gasteiger partial charge is 0.125 e. The molecule has 0 aliphatic carbocycles. The van der Waals surface area contributed by atoms with Crippen LogP contribution in [0.5, 0.6) is 0 Å². The van der Waals surface area contributed by atoms with E-state index in [4.69, 9.17) is 5.73 Å². The molecule has 0 atom stereocenters. The average molecular weight is 246 g/mol. The molecule has 18 heavy (non-hydrogen) atoms. The molecule has 0 saturated carbocycles. The molecule has 1 fully saturated rings. The van der Waals surface area contributed by atoms with E-state index in [1.165, 1.54) is 5.56 Å². The number of nitrogens with two attached hydrogens (primary N) is 1. The summed E-state index contributed by atoms with van der Waals surface area (Å²) in [7, 11) is 3.90. The van der Waals surface area contributed by atoms with Gasteiger partial charge < -0.3 is 10.6 Å². The first-order valence-electron chi connectivity index (χ1n) is 6.41. The van der Waals surface area contributed by atoms with Gasteiger partial charge in [0.2, 0.25) is 0 Å². The first-order valence-corrected chi connectivity index (χ1v) is 6.41. The summed E-state index contributed by atoms with van der Waals surface area (Å²) in [6.07, 6.45) is 0. The fraction of sp³-hybridized carbons (Fsp3) is 0.500. The number of hydrogen-bond acceptors (Lipinski definition) is 3. The van der Waals surface area contributed by atoms with E-state index in [-0.39, 0.29) is 0 Å². The summed E-state index contributed by atoms with van der Waals surface area (Å²) < 4.78 is 0. The molecule has 1 aliphatic heterocycles. The second kappa shape index (κ2) is 5.98. The molecule has 1 saturated heterocycles. The zero-order valence-corrected chi connectivity index (χ0v) is 11.3. The predicted molar refractivity (Wildman–Crippen MR) is 75.9 cm³/mol. The number of hydrogen-bond donors (Lipinski definition) is 1. The fourth-order valence-electron chi connectivity index (χ4n) is 2.17. The topological polar surface area (TPSA) is 44.9 Å². The van der Waals surface area contributed by atoms with Crippen molar-refractivity contribution in [1.82, 2.24) is 9.80 Å². The minimum atomic E-state index is 0.598.